The van der Waals surface area contributed by atoms with E-state index in [1.165, 1.54) is 35.6 Å². The van der Waals surface area contributed by atoms with Gasteiger partial charge in [0, 0.05) is 21.0 Å². The lowest BCUT2D eigenvalue weighted by Crippen LogP contribution is -2.28. The molecule has 2 aromatic heterocycles. The van der Waals surface area contributed by atoms with Crippen LogP contribution < -0.4 is 0 Å². The van der Waals surface area contributed by atoms with Crippen LogP contribution in [0.3, 0.4) is 0 Å². The third kappa shape index (κ3) is 5.32. The zero-order valence-electron chi connectivity index (χ0n) is 21.8. The van der Waals surface area contributed by atoms with E-state index in [2.05, 4.69) is 10.2 Å². The minimum Gasteiger partial charge on any atom is -0.166 e. The molecule has 0 radical (unpaired) electrons. The van der Waals surface area contributed by atoms with Crippen LogP contribution in [0, 0.1) is 0 Å². The van der Waals surface area contributed by atoms with Gasteiger partial charge in [0.1, 0.15) is 11.4 Å². The molecule has 0 bridgehead atoms. The van der Waals surface area contributed by atoms with E-state index in [9.17, 15) is 52.7 Å². The molecule has 0 fully saturated rings. The summed E-state index contributed by atoms with van der Waals surface area (Å²) in [4.78, 5) is 0.422. The van der Waals surface area contributed by atoms with Crippen LogP contribution in [0.5, 0.6) is 0 Å². The Hall–Kier alpha value is -4.40. The van der Waals surface area contributed by atoms with Crippen LogP contribution in [0.15, 0.2) is 72.8 Å². The maximum atomic E-state index is 14.4. The average molecular weight is 660 g/mol. The zero-order chi connectivity index (χ0) is 32.7. The summed E-state index contributed by atoms with van der Waals surface area (Å²) in [6, 6.07) is 16.9. The summed E-state index contributed by atoms with van der Waals surface area (Å²) in [5.74, 6) is 0. The van der Waals surface area contributed by atoms with Crippen molar-refractivity contribution in [2.75, 3.05) is 0 Å². The summed E-state index contributed by atoms with van der Waals surface area (Å²) in [5.41, 5.74) is -15.8. The summed E-state index contributed by atoms with van der Waals surface area (Å²) in [5, 5.41) is 8.81. The quantitative estimate of drug-likeness (QED) is 0.136. The van der Waals surface area contributed by atoms with Crippen LogP contribution in [-0.4, -0.2) is 10.2 Å². The summed E-state index contributed by atoms with van der Waals surface area (Å²) < 4.78 is 170. The van der Waals surface area contributed by atoms with Crippen molar-refractivity contribution in [3.8, 4) is 21.8 Å². The highest BCUT2D eigenvalue weighted by Crippen LogP contribution is 2.54. The van der Waals surface area contributed by atoms with Gasteiger partial charge in [0.05, 0.1) is 27.1 Å². The number of benzene rings is 4. The molecule has 2 heterocycles. The van der Waals surface area contributed by atoms with Gasteiger partial charge in [0.25, 0.3) is 0 Å². The highest BCUT2D eigenvalue weighted by Gasteiger charge is 2.56. The molecule has 0 amide bonds. The summed E-state index contributed by atoms with van der Waals surface area (Å²) in [6.07, 6.45) is -25.3. The molecule has 0 atom stereocenters. The average Bonchev–Trinajstić information content (AvgIpc) is 3.36. The van der Waals surface area contributed by atoms with Gasteiger partial charge in [-0.2, -0.15) is 52.7 Å². The standard InChI is InChI=1S/C30H12F12N2S/c31-27(32,33)19-12-18(22(28(34,35)36)24(30(40,41)42)23(19)29(37,38)39)25-16-9-13-5-1-2-6-14(13)10-17(16)26(44-43-25)21-11-15-7-3-4-8-20(15)45-21/h1-12H. The Labute approximate surface area is 247 Å². The summed E-state index contributed by atoms with van der Waals surface area (Å²) >= 11 is 1.19. The highest BCUT2D eigenvalue weighted by atomic mass is 32.1. The number of thiophene rings is 1. The SMILES string of the molecule is FC(F)(F)c1cc(-c2nnc(-c3cc4ccccc4s3)c3cc4ccccc4cc23)c(C(F)(F)F)c(C(F)(F)F)c1C(F)(F)F. The van der Waals surface area contributed by atoms with Gasteiger partial charge in [0.2, 0.25) is 0 Å². The molecular weight excluding hydrogens is 648 g/mol. The van der Waals surface area contributed by atoms with E-state index >= 15 is 0 Å². The molecular formula is C30H12F12N2S. The Balaban J connectivity index is 1.81. The molecule has 0 unspecified atom stereocenters. The Bertz CT molecular complexity index is 2090. The van der Waals surface area contributed by atoms with Crippen LogP contribution in [0.1, 0.15) is 22.3 Å². The van der Waals surface area contributed by atoms with Gasteiger partial charge in [-0.25, -0.2) is 0 Å². The second kappa shape index (κ2) is 10.1. The fourth-order valence-corrected chi connectivity index (χ4v) is 6.35. The number of hydrogen-bond donors (Lipinski definition) is 0. The van der Waals surface area contributed by atoms with Crippen molar-refractivity contribution in [3.05, 3.63) is 95.1 Å². The first-order chi connectivity index (χ1) is 20.9. The van der Waals surface area contributed by atoms with Crippen LogP contribution in [-0.2, 0) is 24.7 Å². The van der Waals surface area contributed by atoms with E-state index in [-0.39, 0.29) is 16.5 Å². The van der Waals surface area contributed by atoms with Crippen molar-refractivity contribution in [3.63, 3.8) is 0 Å². The normalized spacial score (nSPS) is 13.3. The molecule has 45 heavy (non-hydrogen) atoms. The van der Waals surface area contributed by atoms with Crippen LogP contribution in [0.2, 0.25) is 0 Å². The fourth-order valence-electron chi connectivity index (χ4n) is 5.29. The Morgan fingerprint density at radius 2 is 0.956 bits per heavy atom. The van der Waals surface area contributed by atoms with Crippen LogP contribution in [0.25, 0.3) is 53.5 Å². The molecule has 232 valence electrons. The van der Waals surface area contributed by atoms with E-state index in [1.54, 1.807) is 42.5 Å². The molecule has 4 aromatic carbocycles. The van der Waals surface area contributed by atoms with Gasteiger partial charge >= 0.3 is 24.7 Å². The molecule has 2 nitrogen and oxygen atoms in total. The molecule has 0 aliphatic heterocycles. The van der Waals surface area contributed by atoms with Gasteiger partial charge in [-0.1, -0.05) is 42.5 Å². The molecule has 15 heteroatoms. The third-order valence-corrected chi connectivity index (χ3v) is 8.17. The van der Waals surface area contributed by atoms with Crippen molar-refractivity contribution in [2.45, 2.75) is 24.7 Å². The maximum Gasteiger partial charge on any atom is 0.417 e. The summed E-state index contributed by atoms with van der Waals surface area (Å²) in [7, 11) is 0. The van der Waals surface area contributed by atoms with Crippen LogP contribution in [0.4, 0.5) is 52.7 Å². The molecule has 0 aliphatic rings. The van der Waals surface area contributed by atoms with Gasteiger partial charge in [0.15, 0.2) is 0 Å². The third-order valence-electron chi connectivity index (χ3n) is 7.04. The van der Waals surface area contributed by atoms with E-state index in [0.29, 0.717) is 15.6 Å². The van der Waals surface area contributed by atoms with Crippen molar-refractivity contribution in [2.24, 2.45) is 0 Å². The lowest BCUT2D eigenvalue weighted by molar-refractivity contribution is -0.182. The molecule has 0 N–H and O–H groups in total. The van der Waals surface area contributed by atoms with E-state index in [4.69, 9.17) is 0 Å². The molecule has 0 saturated carbocycles. The number of aromatic nitrogens is 2. The molecule has 0 saturated heterocycles. The summed E-state index contributed by atoms with van der Waals surface area (Å²) in [6.45, 7) is 0. The largest absolute Gasteiger partial charge is 0.417 e. The predicted octanol–water partition coefficient (Wildman–Crippen LogP) is 11.4. The smallest absolute Gasteiger partial charge is 0.166 e. The number of halogens is 12. The molecule has 0 aliphatic carbocycles. The Morgan fingerprint density at radius 1 is 0.467 bits per heavy atom. The number of fused-ring (bicyclic) bond motifs is 3. The van der Waals surface area contributed by atoms with Crippen LogP contribution >= 0.6 is 11.3 Å². The van der Waals surface area contributed by atoms with Crippen molar-refractivity contribution >= 4 is 43.0 Å². The monoisotopic (exact) mass is 660 g/mol. The Morgan fingerprint density at radius 3 is 1.47 bits per heavy atom. The lowest BCUT2D eigenvalue weighted by Gasteiger charge is -2.27. The highest BCUT2D eigenvalue weighted by molar-refractivity contribution is 7.22. The van der Waals surface area contributed by atoms with E-state index in [1.807, 2.05) is 0 Å². The second-order valence-corrected chi connectivity index (χ2v) is 11.0. The zero-order valence-corrected chi connectivity index (χ0v) is 22.6. The topological polar surface area (TPSA) is 25.8 Å². The Kier molecular flexibility index (Phi) is 6.84. The number of hydrogen-bond acceptors (Lipinski definition) is 3. The first-order valence-corrected chi connectivity index (χ1v) is 13.4. The van der Waals surface area contributed by atoms with Crippen molar-refractivity contribution < 1.29 is 52.7 Å². The van der Waals surface area contributed by atoms with Crippen molar-refractivity contribution in [1.82, 2.24) is 10.2 Å². The van der Waals surface area contributed by atoms with Gasteiger partial charge < -0.3 is 0 Å². The first kappa shape index (κ1) is 30.6. The minimum atomic E-state index is -6.52. The lowest BCUT2D eigenvalue weighted by atomic mass is 9.87. The van der Waals surface area contributed by atoms with E-state index < -0.39 is 64.3 Å². The van der Waals surface area contributed by atoms with E-state index in [0.717, 1.165) is 10.1 Å². The fraction of sp³-hybridized carbons (Fsp3) is 0.133. The molecule has 6 rings (SSSR count). The molecule has 0 spiro atoms. The van der Waals surface area contributed by atoms with Gasteiger partial charge in [-0.15, -0.1) is 21.5 Å². The maximum absolute atomic E-state index is 14.4. The predicted molar refractivity (Wildman–Crippen MR) is 143 cm³/mol. The minimum absolute atomic E-state index is 0.000367. The number of rotatable bonds is 2. The van der Waals surface area contributed by atoms with Gasteiger partial charge in [-0.3, -0.25) is 0 Å². The van der Waals surface area contributed by atoms with Gasteiger partial charge in [-0.05, 0) is 46.5 Å². The first-order valence-electron chi connectivity index (χ1n) is 12.5. The second-order valence-electron chi connectivity index (χ2n) is 9.88. The number of alkyl halides is 12. The molecule has 6 aromatic rings. The number of nitrogens with zero attached hydrogens (tertiary/aromatic N) is 2. The van der Waals surface area contributed by atoms with Crippen molar-refractivity contribution in [1.29, 1.82) is 0 Å².